The number of carbonyl (C=O) groups is 3. The molecule has 0 amide bonds. The summed E-state index contributed by atoms with van der Waals surface area (Å²) in [5.74, 6) is -2.07. The highest BCUT2D eigenvalue weighted by atomic mass is 16.6. The molecular weight excluding hydrogens is 256 g/mol. The van der Waals surface area contributed by atoms with E-state index in [1.165, 1.54) is 7.11 Å². The molecule has 0 unspecified atom stereocenters. The lowest BCUT2D eigenvalue weighted by Gasteiger charge is -2.27. The van der Waals surface area contributed by atoms with Crippen LogP contribution in [-0.4, -0.2) is 85.8 Å². The van der Waals surface area contributed by atoms with Crippen molar-refractivity contribution < 1.29 is 29.0 Å². The minimum Gasteiger partial charge on any atom is -0.480 e. The number of ether oxygens (including phenoxy) is 2. The van der Waals surface area contributed by atoms with Gasteiger partial charge in [0.1, 0.15) is 0 Å². The van der Waals surface area contributed by atoms with Crippen LogP contribution in [0.5, 0.6) is 0 Å². The summed E-state index contributed by atoms with van der Waals surface area (Å²) in [6.07, 6.45) is 0. The van der Waals surface area contributed by atoms with Crippen LogP contribution in [0.1, 0.15) is 0 Å². The number of hydrogen-bond acceptors (Lipinski definition) is 7. The molecule has 0 atom stereocenters. The molecular formula is C11H18N2O6. The largest absolute Gasteiger partial charge is 0.480 e. The summed E-state index contributed by atoms with van der Waals surface area (Å²) in [6, 6.07) is 0. The normalized spacial score (nSPS) is 16.7. The number of rotatable bonds is 8. The average molecular weight is 274 g/mol. The number of hydrogen-bond donors (Lipinski definition) is 1. The minimum absolute atomic E-state index is 0.0525. The lowest BCUT2D eigenvalue weighted by Crippen LogP contribution is -2.47. The predicted molar refractivity (Wildman–Crippen MR) is 63.5 cm³/mol. The first kappa shape index (κ1) is 15.5. The molecule has 0 radical (unpaired) electrons. The van der Waals surface area contributed by atoms with Crippen molar-refractivity contribution >= 4 is 17.9 Å². The van der Waals surface area contributed by atoms with Gasteiger partial charge in [0, 0.05) is 26.7 Å². The lowest BCUT2D eigenvalue weighted by molar-refractivity contribution is -0.167. The maximum absolute atomic E-state index is 11.1. The Labute approximate surface area is 110 Å². The second-order valence-electron chi connectivity index (χ2n) is 4.22. The van der Waals surface area contributed by atoms with E-state index >= 15 is 0 Å². The van der Waals surface area contributed by atoms with E-state index in [1.807, 2.05) is 0 Å². The number of carbonyl (C=O) groups excluding carboxylic acids is 2. The van der Waals surface area contributed by atoms with Gasteiger partial charge in [-0.1, -0.05) is 0 Å². The Morgan fingerprint density at radius 2 is 2.00 bits per heavy atom. The van der Waals surface area contributed by atoms with Crippen molar-refractivity contribution in [2.45, 2.75) is 0 Å². The average Bonchev–Trinajstić information content (AvgIpc) is 2.31. The van der Waals surface area contributed by atoms with Gasteiger partial charge in [-0.05, 0) is 0 Å². The van der Waals surface area contributed by atoms with Crippen LogP contribution in [-0.2, 0) is 23.9 Å². The fraction of sp³-hybridized carbons (Fsp3) is 0.727. The van der Waals surface area contributed by atoms with Gasteiger partial charge >= 0.3 is 17.9 Å². The summed E-state index contributed by atoms with van der Waals surface area (Å²) < 4.78 is 9.31. The van der Waals surface area contributed by atoms with Crippen molar-refractivity contribution in [3.63, 3.8) is 0 Å². The van der Waals surface area contributed by atoms with Gasteiger partial charge in [0.25, 0.3) is 0 Å². The molecule has 0 spiro atoms. The second kappa shape index (κ2) is 7.82. The Kier molecular flexibility index (Phi) is 6.40. The van der Waals surface area contributed by atoms with E-state index in [1.54, 1.807) is 9.80 Å². The second-order valence-corrected chi connectivity index (χ2v) is 4.22. The van der Waals surface area contributed by atoms with Crippen LogP contribution >= 0.6 is 0 Å². The number of nitrogens with zero attached hydrogens (tertiary/aromatic N) is 2. The fourth-order valence-corrected chi connectivity index (χ4v) is 1.74. The Balaban J connectivity index is 2.38. The van der Waals surface area contributed by atoms with Gasteiger partial charge in [-0.15, -0.1) is 0 Å². The van der Waals surface area contributed by atoms with Crippen LogP contribution in [0.3, 0.4) is 0 Å². The minimum atomic E-state index is -0.926. The zero-order valence-corrected chi connectivity index (χ0v) is 10.8. The SMILES string of the molecule is COCCN(CCN1CC(=O)OC(=O)C1)CC(=O)O. The summed E-state index contributed by atoms with van der Waals surface area (Å²) in [4.78, 5) is 36.2. The topological polar surface area (TPSA) is 96.4 Å². The van der Waals surface area contributed by atoms with Crippen molar-refractivity contribution in [1.29, 1.82) is 0 Å². The molecule has 0 saturated carbocycles. The first-order valence-electron chi connectivity index (χ1n) is 5.90. The van der Waals surface area contributed by atoms with E-state index in [2.05, 4.69) is 4.74 Å². The molecule has 1 heterocycles. The monoisotopic (exact) mass is 274 g/mol. The van der Waals surface area contributed by atoms with E-state index in [9.17, 15) is 14.4 Å². The molecule has 0 aromatic heterocycles. The number of aliphatic carboxylic acids is 1. The summed E-state index contributed by atoms with van der Waals surface area (Å²) in [6.45, 7) is 1.78. The number of carboxylic acids is 1. The number of esters is 2. The Hall–Kier alpha value is -1.51. The number of morpholine rings is 1. The number of carboxylic acid groups (broad SMARTS) is 1. The molecule has 1 aliphatic heterocycles. The number of methoxy groups -OCH3 is 1. The first-order valence-corrected chi connectivity index (χ1v) is 5.90. The van der Waals surface area contributed by atoms with Gasteiger partial charge in [0.2, 0.25) is 0 Å². The summed E-state index contributed by atoms with van der Waals surface area (Å²) in [7, 11) is 1.54. The summed E-state index contributed by atoms with van der Waals surface area (Å²) in [5.41, 5.74) is 0. The van der Waals surface area contributed by atoms with Crippen LogP contribution in [0.2, 0.25) is 0 Å². The summed E-state index contributed by atoms with van der Waals surface area (Å²) in [5, 5.41) is 8.78. The zero-order valence-electron chi connectivity index (χ0n) is 10.8. The highest BCUT2D eigenvalue weighted by molar-refractivity contribution is 5.90. The van der Waals surface area contributed by atoms with Crippen LogP contribution in [0.4, 0.5) is 0 Å². The predicted octanol–water partition coefficient (Wildman–Crippen LogP) is -1.60. The fourth-order valence-electron chi connectivity index (χ4n) is 1.74. The van der Waals surface area contributed by atoms with Crippen molar-refractivity contribution in [1.82, 2.24) is 9.80 Å². The van der Waals surface area contributed by atoms with Crippen molar-refractivity contribution in [3.8, 4) is 0 Å². The van der Waals surface area contributed by atoms with E-state index in [4.69, 9.17) is 9.84 Å². The molecule has 108 valence electrons. The van der Waals surface area contributed by atoms with E-state index < -0.39 is 17.9 Å². The van der Waals surface area contributed by atoms with Crippen LogP contribution in [0.15, 0.2) is 0 Å². The standard InChI is InChI=1S/C11H18N2O6/c1-18-5-4-12(6-9(14)15)2-3-13-7-10(16)19-11(17)8-13/h2-8H2,1H3,(H,14,15). The molecule has 0 aliphatic carbocycles. The lowest BCUT2D eigenvalue weighted by atomic mass is 10.3. The number of cyclic esters (lactones) is 2. The van der Waals surface area contributed by atoms with Gasteiger partial charge in [0.15, 0.2) is 0 Å². The third kappa shape index (κ3) is 6.27. The third-order valence-corrected chi connectivity index (χ3v) is 2.64. The van der Waals surface area contributed by atoms with Gasteiger partial charge < -0.3 is 14.6 Å². The molecule has 1 N–H and O–H groups in total. The third-order valence-electron chi connectivity index (χ3n) is 2.64. The zero-order chi connectivity index (χ0) is 14.3. The highest BCUT2D eigenvalue weighted by Crippen LogP contribution is 2.00. The van der Waals surface area contributed by atoms with Gasteiger partial charge in [-0.3, -0.25) is 24.2 Å². The smallest absolute Gasteiger partial charge is 0.327 e. The quantitative estimate of drug-likeness (QED) is 0.418. The molecule has 1 rings (SSSR count). The van der Waals surface area contributed by atoms with Crippen molar-refractivity contribution in [2.75, 3.05) is 53.0 Å². The molecule has 19 heavy (non-hydrogen) atoms. The molecule has 8 heteroatoms. The summed E-state index contributed by atoms with van der Waals surface area (Å²) >= 11 is 0. The molecule has 8 nitrogen and oxygen atoms in total. The van der Waals surface area contributed by atoms with Gasteiger partial charge in [-0.25, -0.2) is 0 Å². The molecule has 1 fully saturated rings. The van der Waals surface area contributed by atoms with E-state index in [-0.39, 0.29) is 19.6 Å². The molecule has 0 aromatic carbocycles. The Morgan fingerprint density at radius 3 is 2.53 bits per heavy atom. The van der Waals surface area contributed by atoms with Gasteiger partial charge in [-0.2, -0.15) is 0 Å². The van der Waals surface area contributed by atoms with Crippen LogP contribution in [0, 0.1) is 0 Å². The molecule has 1 saturated heterocycles. The molecule has 0 aromatic rings. The first-order chi connectivity index (χ1) is 9.01. The van der Waals surface area contributed by atoms with Crippen LogP contribution in [0.25, 0.3) is 0 Å². The maximum atomic E-state index is 11.1. The van der Waals surface area contributed by atoms with E-state index in [0.29, 0.717) is 26.2 Å². The van der Waals surface area contributed by atoms with Crippen LogP contribution < -0.4 is 0 Å². The molecule has 1 aliphatic rings. The maximum Gasteiger partial charge on any atom is 0.327 e. The highest BCUT2D eigenvalue weighted by Gasteiger charge is 2.24. The van der Waals surface area contributed by atoms with E-state index in [0.717, 1.165) is 0 Å². The Morgan fingerprint density at radius 1 is 1.37 bits per heavy atom. The Bertz CT molecular complexity index is 330. The van der Waals surface area contributed by atoms with Crippen molar-refractivity contribution in [3.05, 3.63) is 0 Å². The molecule has 0 bridgehead atoms. The van der Waals surface area contributed by atoms with Gasteiger partial charge in [0.05, 0.1) is 26.2 Å². The van der Waals surface area contributed by atoms with Crippen molar-refractivity contribution in [2.24, 2.45) is 0 Å².